The molecule has 0 saturated carbocycles. The van der Waals surface area contributed by atoms with E-state index in [0.29, 0.717) is 24.5 Å². The maximum atomic E-state index is 12.4. The standard InChI is InChI=1S/C18H22N6O/c1-12-10-17(22-24(12)9-8-19)18(25)21-15-4-6-16(7-5-15)23-11-20-13(2)14(23)3/h4-7,10-11H,8-9,19H2,1-3H3,(H,21,25). The largest absolute Gasteiger partial charge is 0.329 e. The third kappa shape index (κ3) is 3.46. The van der Waals surface area contributed by atoms with Crippen LogP contribution in [-0.4, -0.2) is 31.8 Å². The quantitative estimate of drug-likeness (QED) is 0.746. The molecule has 7 nitrogen and oxygen atoms in total. The number of rotatable bonds is 5. The molecule has 0 atom stereocenters. The molecule has 0 saturated heterocycles. The molecule has 0 aliphatic carbocycles. The number of benzene rings is 1. The number of carbonyl (C=O) groups excluding carboxylic acids is 1. The molecule has 25 heavy (non-hydrogen) atoms. The SMILES string of the molecule is Cc1ncn(-c2ccc(NC(=O)c3cc(C)n(CCN)n3)cc2)c1C. The number of amides is 1. The number of carbonyl (C=O) groups is 1. The van der Waals surface area contributed by atoms with Crippen molar-refractivity contribution in [2.45, 2.75) is 27.3 Å². The first-order valence-corrected chi connectivity index (χ1v) is 8.16. The van der Waals surface area contributed by atoms with Gasteiger partial charge in [0.05, 0.1) is 18.6 Å². The Hall–Kier alpha value is -2.93. The number of nitrogens with two attached hydrogens (primary N) is 1. The van der Waals surface area contributed by atoms with Gasteiger partial charge >= 0.3 is 0 Å². The average molecular weight is 338 g/mol. The molecule has 3 rings (SSSR count). The number of imidazole rings is 1. The molecule has 0 radical (unpaired) electrons. The molecule has 1 amide bonds. The molecular formula is C18H22N6O. The Bertz CT molecular complexity index is 891. The maximum absolute atomic E-state index is 12.4. The van der Waals surface area contributed by atoms with Gasteiger partial charge in [-0.05, 0) is 51.1 Å². The average Bonchev–Trinajstić information content (AvgIpc) is 3.13. The lowest BCUT2D eigenvalue weighted by atomic mass is 10.2. The molecule has 0 fully saturated rings. The lowest BCUT2D eigenvalue weighted by Crippen LogP contribution is -2.15. The van der Waals surface area contributed by atoms with Crippen molar-refractivity contribution in [2.75, 3.05) is 11.9 Å². The monoisotopic (exact) mass is 338 g/mol. The van der Waals surface area contributed by atoms with Crippen LogP contribution < -0.4 is 11.1 Å². The van der Waals surface area contributed by atoms with E-state index in [1.807, 2.05) is 49.6 Å². The van der Waals surface area contributed by atoms with Crippen molar-refractivity contribution in [1.82, 2.24) is 19.3 Å². The summed E-state index contributed by atoms with van der Waals surface area (Å²) >= 11 is 0. The van der Waals surface area contributed by atoms with Crippen molar-refractivity contribution in [3.05, 3.63) is 59.4 Å². The summed E-state index contributed by atoms with van der Waals surface area (Å²) in [7, 11) is 0. The molecule has 0 aliphatic heterocycles. The van der Waals surface area contributed by atoms with Gasteiger partial charge in [0.2, 0.25) is 0 Å². The molecule has 0 unspecified atom stereocenters. The Morgan fingerprint density at radius 3 is 2.52 bits per heavy atom. The van der Waals surface area contributed by atoms with Crippen molar-refractivity contribution >= 4 is 11.6 Å². The van der Waals surface area contributed by atoms with Crippen LogP contribution in [0.2, 0.25) is 0 Å². The summed E-state index contributed by atoms with van der Waals surface area (Å²) in [6, 6.07) is 9.39. The highest BCUT2D eigenvalue weighted by Gasteiger charge is 2.12. The molecule has 7 heteroatoms. The fourth-order valence-electron chi connectivity index (χ4n) is 2.63. The van der Waals surface area contributed by atoms with Gasteiger partial charge in [-0.25, -0.2) is 4.98 Å². The highest BCUT2D eigenvalue weighted by atomic mass is 16.1. The van der Waals surface area contributed by atoms with Crippen LogP contribution in [0.25, 0.3) is 5.69 Å². The van der Waals surface area contributed by atoms with Crippen molar-refractivity contribution in [3.63, 3.8) is 0 Å². The molecule has 0 spiro atoms. The zero-order chi connectivity index (χ0) is 18.0. The fraction of sp³-hybridized carbons (Fsp3) is 0.278. The first-order valence-electron chi connectivity index (χ1n) is 8.16. The van der Waals surface area contributed by atoms with Crippen molar-refractivity contribution in [2.24, 2.45) is 5.73 Å². The van der Waals surface area contributed by atoms with Crippen molar-refractivity contribution in [3.8, 4) is 5.69 Å². The smallest absolute Gasteiger partial charge is 0.276 e. The minimum absolute atomic E-state index is 0.235. The molecule has 0 bridgehead atoms. The number of nitrogens with zero attached hydrogens (tertiary/aromatic N) is 4. The Balaban J connectivity index is 1.74. The highest BCUT2D eigenvalue weighted by Crippen LogP contribution is 2.17. The summed E-state index contributed by atoms with van der Waals surface area (Å²) in [6.45, 7) is 6.99. The van der Waals surface area contributed by atoms with Crippen LogP contribution in [0.3, 0.4) is 0 Å². The van der Waals surface area contributed by atoms with E-state index in [0.717, 1.165) is 22.8 Å². The van der Waals surface area contributed by atoms with Crippen LogP contribution >= 0.6 is 0 Å². The number of hydrogen-bond acceptors (Lipinski definition) is 4. The molecule has 2 aromatic heterocycles. The van der Waals surface area contributed by atoms with Gasteiger partial charge in [0.15, 0.2) is 5.69 Å². The number of aromatic nitrogens is 4. The van der Waals surface area contributed by atoms with Gasteiger partial charge in [0.1, 0.15) is 0 Å². The van der Waals surface area contributed by atoms with E-state index in [-0.39, 0.29) is 5.91 Å². The zero-order valence-electron chi connectivity index (χ0n) is 14.7. The predicted molar refractivity (Wildman–Crippen MR) is 97.0 cm³/mol. The van der Waals surface area contributed by atoms with Crippen LogP contribution in [0.1, 0.15) is 27.6 Å². The van der Waals surface area contributed by atoms with E-state index in [2.05, 4.69) is 15.4 Å². The summed E-state index contributed by atoms with van der Waals surface area (Å²) in [5, 5.41) is 7.16. The number of nitrogens with one attached hydrogen (secondary N) is 1. The Morgan fingerprint density at radius 2 is 1.92 bits per heavy atom. The molecule has 130 valence electrons. The summed E-state index contributed by atoms with van der Waals surface area (Å²) in [4.78, 5) is 16.7. The third-order valence-electron chi connectivity index (χ3n) is 4.21. The first-order chi connectivity index (χ1) is 12.0. The highest BCUT2D eigenvalue weighted by molar-refractivity contribution is 6.02. The molecule has 3 N–H and O–H groups in total. The van der Waals surface area contributed by atoms with Crippen LogP contribution in [0.15, 0.2) is 36.7 Å². The van der Waals surface area contributed by atoms with Crippen LogP contribution in [0.4, 0.5) is 5.69 Å². The predicted octanol–water partition coefficient (Wildman–Crippen LogP) is 2.21. The maximum Gasteiger partial charge on any atom is 0.276 e. The van der Waals surface area contributed by atoms with Gasteiger partial charge in [-0.1, -0.05) is 0 Å². The van der Waals surface area contributed by atoms with Crippen molar-refractivity contribution < 1.29 is 4.79 Å². The number of anilines is 1. The zero-order valence-corrected chi connectivity index (χ0v) is 14.7. The van der Waals surface area contributed by atoms with E-state index >= 15 is 0 Å². The topological polar surface area (TPSA) is 90.8 Å². The molecule has 3 aromatic rings. The summed E-state index contributed by atoms with van der Waals surface area (Å²) < 4.78 is 3.75. The van der Waals surface area contributed by atoms with E-state index < -0.39 is 0 Å². The summed E-state index contributed by atoms with van der Waals surface area (Å²) in [6.07, 6.45) is 1.80. The van der Waals surface area contributed by atoms with E-state index in [4.69, 9.17) is 5.73 Å². The lowest BCUT2D eigenvalue weighted by Gasteiger charge is -2.08. The Morgan fingerprint density at radius 1 is 1.20 bits per heavy atom. The lowest BCUT2D eigenvalue weighted by molar-refractivity contribution is 0.102. The second kappa shape index (κ2) is 6.90. The Kier molecular flexibility index (Phi) is 4.67. The normalized spacial score (nSPS) is 10.9. The van der Waals surface area contributed by atoms with Gasteiger partial charge in [-0.15, -0.1) is 0 Å². The molecule has 1 aromatic carbocycles. The van der Waals surface area contributed by atoms with Gasteiger partial charge in [-0.2, -0.15) is 5.10 Å². The van der Waals surface area contributed by atoms with Gasteiger partial charge in [0, 0.05) is 29.3 Å². The second-order valence-electron chi connectivity index (χ2n) is 5.97. The van der Waals surface area contributed by atoms with Crippen LogP contribution in [0, 0.1) is 20.8 Å². The third-order valence-corrected chi connectivity index (χ3v) is 4.21. The van der Waals surface area contributed by atoms with Gasteiger partial charge in [0.25, 0.3) is 5.91 Å². The van der Waals surface area contributed by atoms with E-state index in [9.17, 15) is 4.79 Å². The van der Waals surface area contributed by atoms with Gasteiger partial charge < -0.3 is 15.6 Å². The van der Waals surface area contributed by atoms with Crippen LogP contribution in [0.5, 0.6) is 0 Å². The number of hydrogen-bond donors (Lipinski definition) is 2. The molecule has 0 aliphatic rings. The van der Waals surface area contributed by atoms with Gasteiger partial charge in [-0.3, -0.25) is 9.48 Å². The van der Waals surface area contributed by atoms with Crippen molar-refractivity contribution in [1.29, 1.82) is 0 Å². The summed E-state index contributed by atoms with van der Waals surface area (Å²) in [5.74, 6) is -0.235. The second-order valence-corrected chi connectivity index (χ2v) is 5.97. The Labute approximate surface area is 146 Å². The molecule has 2 heterocycles. The first kappa shape index (κ1) is 16.9. The number of aryl methyl sites for hydroxylation is 2. The minimum Gasteiger partial charge on any atom is -0.329 e. The summed E-state index contributed by atoms with van der Waals surface area (Å²) in [5.41, 5.74) is 10.7. The molecular weight excluding hydrogens is 316 g/mol. The van der Waals surface area contributed by atoms with E-state index in [1.165, 1.54) is 0 Å². The van der Waals surface area contributed by atoms with Crippen LogP contribution in [-0.2, 0) is 6.54 Å². The fourth-order valence-corrected chi connectivity index (χ4v) is 2.63. The van der Waals surface area contributed by atoms with E-state index in [1.54, 1.807) is 17.1 Å². The minimum atomic E-state index is -0.235.